The van der Waals surface area contributed by atoms with Gasteiger partial charge in [-0.2, -0.15) is 4.99 Å². The minimum atomic E-state index is -2.05. The summed E-state index contributed by atoms with van der Waals surface area (Å²) in [6.45, 7) is 0.139. The summed E-state index contributed by atoms with van der Waals surface area (Å²) in [6.07, 6.45) is 0. The molecule has 2 atom stereocenters. The van der Waals surface area contributed by atoms with Crippen LogP contribution in [0.15, 0.2) is 53.5 Å². The maximum atomic E-state index is 13.1. The number of rotatable bonds is 3. The Hall–Kier alpha value is -2.71. The minimum Gasteiger partial charge on any atom is -0.378 e. The fourth-order valence-electron chi connectivity index (χ4n) is 3.27. The van der Waals surface area contributed by atoms with Crippen LogP contribution in [0.4, 0.5) is 10.1 Å². The maximum absolute atomic E-state index is 13.1. The first kappa shape index (κ1) is 16.7. The molecule has 0 saturated heterocycles. The lowest BCUT2D eigenvalue weighted by Crippen LogP contribution is -2.49. The zero-order valence-electron chi connectivity index (χ0n) is 13.4. The first-order valence-corrected chi connectivity index (χ1v) is 8.72. The van der Waals surface area contributed by atoms with E-state index in [4.69, 9.17) is 5.73 Å². The third-order valence-electron chi connectivity index (χ3n) is 4.49. The summed E-state index contributed by atoms with van der Waals surface area (Å²) in [4.78, 5) is 30.3. The molecular weight excluding hydrogens is 357 g/mol. The Labute approximate surface area is 152 Å². The molecule has 0 saturated carbocycles. The highest BCUT2D eigenvalue weighted by Gasteiger charge is 2.59. The van der Waals surface area contributed by atoms with Crippen LogP contribution in [0.5, 0.6) is 0 Å². The first-order chi connectivity index (χ1) is 12.4. The standard InChI is InChI=1S/C18H14FN3O3S/c19-11-7-5-10(6-8-11)9-22-13-4-2-1-3-12(13)18(25,16(22)24)14-15(23)21-17(20)26-14/h1-8,14,25H,9H2,(H2,20,21,23)/t14-,18-/m0/s1. The molecule has 26 heavy (non-hydrogen) atoms. The quantitative estimate of drug-likeness (QED) is 0.853. The molecule has 0 aromatic heterocycles. The van der Waals surface area contributed by atoms with E-state index in [1.54, 1.807) is 36.4 Å². The molecule has 6 nitrogen and oxygen atoms in total. The normalized spacial score (nSPS) is 24.8. The Balaban J connectivity index is 1.75. The molecule has 132 valence electrons. The third kappa shape index (κ3) is 2.41. The monoisotopic (exact) mass is 371 g/mol. The van der Waals surface area contributed by atoms with Crippen LogP contribution in [0.1, 0.15) is 11.1 Å². The van der Waals surface area contributed by atoms with Crippen LogP contribution in [0.3, 0.4) is 0 Å². The van der Waals surface area contributed by atoms with Gasteiger partial charge in [0.05, 0.1) is 12.2 Å². The number of anilines is 1. The van der Waals surface area contributed by atoms with Crippen LogP contribution in [-0.2, 0) is 21.7 Å². The lowest BCUT2D eigenvalue weighted by Gasteiger charge is -2.26. The molecule has 0 unspecified atom stereocenters. The number of hydrogen-bond donors (Lipinski definition) is 2. The molecule has 2 heterocycles. The van der Waals surface area contributed by atoms with Crippen LogP contribution < -0.4 is 10.6 Å². The van der Waals surface area contributed by atoms with Crippen LogP contribution in [0.25, 0.3) is 0 Å². The van der Waals surface area contributed by atoms with Crippen molar-refractivity contribution in [1.82, 2.24) is 0 Å². The fraction of sp³-hybridized carbons (Fsp3) is 0.167. The van der Waals surface area contributed by atoms with Gasteiger partial charge in [0, 0.05) is 5.56 Å². The van der Waals surface area contributed by atoms with E-state index in [-0.39, 0.29) is 17.5 Å². The van der Waals surface area contributed by atoms with Crippen molar-refractivity contribution in [3.63, 3.8) is 0 Å². The van der Waals surface area contributed by atoms with Gasteiger partial charge < -0.3 is 15.7 Å². The number of nitrogens with zero attached hydrogens (tertiary/aromatic N) is 2. The van der Waals surface area contributed by atoms with Gasteiger partial charge in [0.25, 0.3) is 11.8 Å². The summed E-state index contributed by atoms with van der Waals surface area (Å²) in [7, 11) is 0. The summed E-state index contributed by atoms with van der Waals surface area (Å²) >= 11 is 0.879. The van der Waals surface area contributed by atoms with E-state index in [0.717, 1.165) is 11.8 Å². The smallest absolute Gasteiger partial charge is 0.265 e. The second kappa shape index (κ2) is 5.93. The second-order valence-corrected chi connectivity index (χ2v) is 7.21. The molecule has 0 bridgehead atoms. The van der Waals surface area contributed by atoms with Gasteiger partial charge in [-0.25, -0.2) is 4.39 Å². The molecule has 2 aromatic rings. The number of hydrogen-bond acceptors (Lipinski definition) is 5. The molecule has 0 fully saturated rings. The zero-order valence-corrected chi connectivity index (χ0v) is 14.2. The first-order valence-electron chi connectivity index (χ1n) is 7.84. The van der Waals surface area contributed by atoms with Crippen molar-refractivity contribution in [3.05, 3.63) is 65.5 Å². The number of benzene rings is 2. The van der Waals surface area contributed by atoms with Gasteiger partial charge >= 0.3 is 0 Å². The number of fused-ring (bicyclic) bond motifs is 1. The van der Waals surface area contributed by atoms with E-state index in [2.05, 4.69) is 4.99 Å². The summed E-state index contributed by atoms with van der Waals surface area (Å²) in [5, 5.41) is 10.2. The van der Waals surface area contributed by atoms with Gasteiger partial charge in [0.1, 0.15) is 11.1 Å². The van der Waals surface area contributed by atoms with Crippen molar-refractivity contribution in [1.29, 1.82) is 0 Å². The number of amidine groups is 1. The lowest BCUT2D eigenvalue weighted by molar-refractivity contribution is -0.140. The average Bonchev–Trinajstić information content (AvgIpc) is 3.08. The fourth-order valence-corrected chi connectivity index (χ4v) is 4.21. The number of para-hydroxylation sites is 1. The largest absolute Gasteiger partial charge is 0.378 e. The van der Waals surface area contributed by atoms with E-state index in [0.29, 0.717) is 16.8 Å². The van der Waals surface area contributed by atoms with Gasteiger partial charge in [-0.3, -0.25) is 9.59 Å². The van der Waals surface area contributed by atoms with Crippen molar-refractivity contribution < 1.29 is 19.1 Å². The third-order valence-corrected chi connectivity index (χ3v) is 5.60. The Bertz CT molecular complexity index is 947. The minimum absolute atomic E-state index is 0.0238. The van der Waals surface area contributed by atoms with Gasteiger partial charge in [0.15, 0.2) is 10.8 Å². The maximum Gasteiger partial charge on any atom is 0.265 e. The molecular formula is C18H14FN3O3S. The van der Waals surface area contributed by atoms with E-state index in [1.807, 2.05) is 0 Å². The molecule has 0 spiro atoms. The van der Waals surface area contributed by atoms with E-state index in [9.17, 15) is 19.1 Å². The van der Waals surface area contributed by atoms with E-state index < -0.39 is 22.7 Å². The second-order valence-electron chi connectivity index (χ2n) is 6.09. The number of halogens is 1. The van der Waals surface area contributed by atoms with E-state index in [1.165, 1.54) is 17.0 Å². The summed E-state index contributed by atoms with van der Waals surface area (Å²) < 4.78 is 13.1. The average molecular weight is 371 g/mol. The highest BCUT2D eigenvalue weighted by molar-refractivity contribution is 8.15. The highest BCUT2D eigenvalue weighted by atomic mass is 32.2. The van der Waals surface area contributed by atoms with Crippen LogP contribution in [0, 0.1) is 5.82 Å². The van der Waals surface area contributed by atoms with Gasteiger partial charge in [0.2, 0.25) is 0 Å². The molecule has 2 aliphatic heterocycles. The molecule has 0 aliphatic carbocycles. The number of carbonyl (C=O) groups is 2. The van der Waals surface area contributed by atoms with E-state index >= 15 is 0 Å². The molecule has 8 heteroatoms. The van der Waals surface area contributed by atoms with Crippen molar-refractivity contribution in [2.45, 2.75) is 17.4 Å². The number of nitrogens with two attached hydrogens (primary N) is 1. The molecule has 2 amide bonds. The van der Waals surface area contributed by atoms with Crippen molar-refractivity contribution in [2.75, 3.05) is 4.90 Å². The Kier molecular flexibility index (Phi) is 3.82. The number of amides is 2. The highest BCUT2D eigenvalue weighted by Crippen LogP contribution is 2.47. The molecule has 2 aromatic carbocycles. The van der Waals surface area contributed by atoms with Crippen LogP contribution >= 0.6 is 11.8 Å². The van der Waals surface area contributed by atoms with Gasteiger partial charge in [-0.05, 0) is 23.8 Å². The molecule has 3 N–H and O–H groups in total. The Morgan fingerprint density at radius 1 is 1.19 bits per heavy atom. The van der Waals surface area contributed by atoms with Crippen molar-refractivity contribution in [3.8, 4) is 0 Å². The number of thioether (sulfide) groups is 1. The van der Waals surface area contributed by atoms with Crippen LogP contribution in [-0.4, -0.2) is 27.3 Å². The van der Waals surface area contributed by atoms with Crippen molar-refractivity contribution in [2.24, 2.45) is 10.7 Å². The number of aliphatic imine (C=N–C) groups is 1. The summed E-state index contributed by atoms with van der Waals surface area (Å²) in [5.41, 5.74) is 5.08. The lowest BCUT2D eigenvalue weighted by atomic mass is 9.91. The van der Waals surface area contributed by atoms with Crippen molar-refractivity contribution >= 4 is 34.4 Å². The predicted octanol–water partition coefficient (Wildman–Crippen LogP) is 1.52. The molecule has 4 rings (SSSR count). The number of aliphatic hydroxyl groups is 1. The predicted molar refractivity (Wildman–Crippen MR) is 95.9 cm³/mol. The topological polar surface area (TPSA) is 96.0 Å². The molecule has 2 aliphatic rings. The summed E-state index contributed by atoms with van der Waals surface area (Å²) in [5.74, 6) is -1.64. The Morgan fingerprint density at radius 2 is 1.88 bits per heavy atom. The Morgan fingerprint density at radius 3 is 2.54 bits per heavy atom. The van der Waals surface area contributed by atoms with Gasteiger partial charge in [-0.15, -0.1) is 0 Å². The SMILES string of the molecule is NC1=NC(=O)[C@@H]([C@]2(O)C(=O)N(Cc3ccc(F)cc3)c3ccccc32)S1. The zero-order chi connectivity index (χ0) is 18.5. The molecule has 0 radical (unpaired) electrons. The van der Waals surface area contributed by atoms with Gasteiger partial charge in [-0.1, -0.05) is 42.1 Å². The number of carbonyl (C=O) groups excluding carboxylic acids is 2. The summed E-state index contributed by atoms with van der Waals surface area (Å²) in [6, 6.07) is 12.5. The van der Waals surface area contributed by atoms with Crippen LogP contribution in [0.2, 0.25) is 0 Å².